The molecule has 0 unspecified atom stereocenters. The second-order valence-corrected chi connectivity index (χ2v) is 3.69. The van der Waals surface area contributed by atoms with E-state index in [2.05, 4.69) is 36.7 Å². The Morgan fingerprint density at radius 2 is 1.80 bits per heavy atom. The predicted octanol–water partition coefficient (Wildman–Crippen LogP) is 3.83. The van der Waals surface area contributed by atoms with Crippen LogP contribution in [0.25, 0.3) is 0 Å². The Kier molecular flexibility index (Phi) is 12.5. The number of hydrogen-bond donors (Lipinski definition) is 1. The van der Waals surface area contributed by atoms with E-state index in [1.165, 1.54) is 25.7 Å². The third-order valence-corrected chi connectivity index (χ3v) is 2.18. The van der Waals surface area contributed by atoms with Crippen molar-refractivity contribution in [3.05, 3.63) is 30.5 Å². The Labute approximate surface area is 95.0 Å². The monoisotopic (exact) mass is 207 g/mol. The normalized spacial score (nSPS) is 9.40. The molecule has 0 amide bonds. The van der Waals surface area contributed by atoms with Crippen LogP contribution in [0.4, 0.5) is 0 Å². The van der Waals surface area contributed by atoms with E-state index in [-0.39, 0.29) is 0 Å². The maximum atomic E-state index is 3.68. The first-order chi connectivity index (χ1) is 7.41. The van der Waals surface area contributed by atoms with E-state index < -0.39 is 0 Å². The Bertz CT molecular complexity index is 188. The van der Waals surface area contributed by atoms with Crippen LogP contribution in [0.5, 0.6) is 0 Å². The summed E-state index contributed by atoms with van der Waals surface area (Å²) < 4.78 is 0. The van der Waals surface area contributed by atoms with Crippen LogP contribution in [0.15, 0.2) is 30.5 Å². The van der Waals surface area contributed by atoms with E-state index in [4.69, 9.17) is 0 Å². The Hall–Kier alpha value is -0.780. The lowest BCUT2D eigenvalue weighted by Gasteiger charge is -1.97. The highest BCUT2D eigenvalue weighted by atomic mass is 14.8. The summed E-state index contributed by atoms with van der Waals surface area (Å²) in [5, 5.41) is 3.34. The van der Waals surface area contributed by atoms with Gasteiger partial charge < -0.3 is 5.32 Å². The van der Waals surface area contributed by atoms with Gasteiger partial charge in [0, 0.05) is 0 Å². The fourth-order valence-corrected chi connectivity index (χ4v) is 1.25. The van der Waals surface area contributed by atoms with E-state index in [9.17, 15) is 0 Å². The van der Waals surface area contributed by atoms with Gasteiger partial charge in [0.2, 0.25) is 0 Å². The third-order valence-electron chi connectivity index (χ3n) is 2.18. The van der Waals surface area contributed by atoms with Crippen LogP contribution in [0.2, 0.25) is 0 Å². The molecule has 0 aliphatic heterocycles. The third kappa shape index (κ3) is 13.2. The van der Waals surface area contributed by atoms with Crippen LogP contribution in [0, 0.1) is 0 Å². The van der Waals surface area contributed by atoms with Crippen LogP contribution in [-0.2, 0) is 0 Å². The summed E-state index contributed by atoms with van der Waals surface area (Å²) in [6, 6.07) is 0. The molecular formula is C14H25N. The standard InChI is InChI=1S/C14H25N/c1-3-5-7-8-9-10-11-12-14-15-13-6-4-2/h4,9,11,15H,2-3,5-8,12-14H2,1H3. The molecule has 1 heteroatoms. The summed E-state index contributed by atoms with van der Waals surface area (Å²) >= 11 is 0. The zero-order valence-corrected chi connectivity index (χ0v) is 10.1. The molecule has 0 heterocycles. The first-order valence-electron chi connectivity index (χ1n) is 6.12. The van der Waals surface area contributed by atoms with Crippen molar-refractivity contribution in [3.63, 3.8) is 0 Å². The molecule has 0 aromatic rings. The predicted molar refractivity (Wildman–Crippen MR) is 69.1 cm³/mol. The molecule has 15 heavy (non-hydrogen) atoms. The molecule has 0 bridgehead atoms. The van der Waals surface area contributed by atoms with Gasteiger partial charge in [0.25, 0.3) is 0 Å². The molecule has 0 aliphatic rings. The smallest absolute Gasteiger partial charge is 0.000804 e. The van der Waals surface area contributed by atoms with Gasteiger partial charge >= 0.3 is 0 Å². The zero-order chi connectivity index (χ0) is 11.2. The lowest BCUT2D eigenvalue weighted by molar-refractivity contribution is 0.697. The lowest BCUT2D eigenvalue weighted by atomic mass is 10.2. The minimum atomic E-state index is 1.04. The van der Waals surface area contributed by atoms with Gasteiger partial charge in [0.15, 0.2) is 0 Å². The largest absolute Gasteiger partial charge is 0.316 e. The number of rotatable bonds is 10. The highest BCUT2D eigenvalue weighted by Crippen LogP contribution is 1.98. The van der Waals surface area contributed by atoms with Crippen LogP contribution in [-0.4, -0.2) is 13.1 Å². The molecular weight excluding hydrogens is 182 g/mol. The maximum Gasteiger partial charge on any atom is -0.000804 e. The van der Waals surface area contributed by atoms with Crippen molar-refractivity contribution in [1.29, 1.82) is 0 Å². The quantitative estimate of drug-likeness (QED) is 0.326. The van der Waals surface area contributed by atoms with Crippen molar-refractivity contribution in [2.75, 3.05) is 13.1 Å². The molecule has 0 atom stereocenters. The average molecular weight is 207 g/mol. The average Bonchev–Trinajstić information content (AvgIpc) is 2.26. The molecule has 0 aromatic heterocycles. The second kappa shape index (κ2) is 13.2. The Balaban J connectivity index is 3.18. The summed E-state index contributed by atoms with van der Waals surface area (Å²) in [5.41, 5.74) is 3.23. The first-order valence-corrected chi connectivity index (χ1v) is 6.12. The molecule has 0 radical (unpaired) electrons. The maximum absolute atomic E-state index is 3.68. The highest BCUT2D eigenvalue weighted by Gasteiger charge is 1.82. The summed E-state index contributed by atoms with van der Waals surface area (Å²) in [6.07, 6.45) is 13.4. The second-order valence-electron chi connectivity index (χ2n) is 3.69. The molecule has 1 nitrogen and oxygen atoms in total. The van der Waals surface area contributed by atoms with Gasteiger partial charge in [-0.05, 0) is 50.9 Å². The van der Waals surface area contributed by atoms with Crippen LogP contribution in [0.3, 0.4) is 0 Å². The van der Waals surface area contributed by atoms with Gasteiger partial charge in [-0.2, -0.15) is 0 Å². The van der Waals surface area contributed by atoms with E-state index in [0.29, 0.717) is 0 Å². The summed E-state index contributed by atoms with van der Waals surface area (Å²) in [6.45, 7) is 7.99. The van der Waals surface area contributed by atoms with Crippen LogP contribution < -0.4 is 5.32 Å². The van der Waals surface area contributed by atoms with Gasteiger partial charge in [-0.15, -0.1) is 12.3 Å². The Morgan fingerprint density at radius 1 is 1.07 bits per heavy atom. The van der Waals surface area contributed by atoms with E-state index in [1.54, 1.807) is 0 Å². The summed E-state index contributed by atoms with van der Waals surface area (Å²) in [4.78, 5) is 0. The molecule has 0 rings (SSSR count). The molecule has 0 aromatic carbocycles. The zero-order valence-electron chi connectivity index (χ0n) is 10.1. The number of nitrogens with one attached hydrogen (secondary N) is 1. The van der Waals surface area contributed by atoms with Gasteiger partial charge in [-0.1, -0.05) is 25.8 Å². The van der Waals surface area contributed by atoms with Crippen molar-refractivity contribution in [2.45, 2.75) is 45.4 Å². The van der Waals surface area contributed by atoms with E-state index in [1.807, 2.05) is 6.08 Å². The fraction of sp³-hybridized carbons (Fsp3) is 0.643. The number of hydrogen-bond acceptors (Lipinski definition) is 1. The SMILES string of the molecule is C=CCCNCCC=C=CCCCCC. The molecule has 1 N–H and O–H groups in total. The molecule has 0 aliphatic carbocycles. The number of unbranched alkanes of at least 4 members (excludes halogenated alkanes) is 3. The summed E-state index contributed by atoms with van der Waals surface area (Å²) in [5.74, 6) is 0. The van der Waals surface area contributed by atoms with Crippen molar-refractivity contribution in [3.8, 4) is 0 Å². The highest BCUT2D eigenvalue weighted by molar-refractivity contribution is 4.85. The van der Waals surface area contributed by atoms with Crippen molar-refractivity contribution < 1.29 is 0 Å². The van der Waals surface area contributed by atoms with Gasteiger partial charge in [-0.3, -0.25) is 0 Å². The van der Waals surface area contributed by atoms with Gasteiger partial charge in [0.05, 0.1) is 0 Å². The first kappa shape index (κ1) is 14.2. The van der Waals surface area contributed by atoms with Crippen molar-refractivity contribution in [1.82, 2.24) is 5.32 Å². The summed E-state index contributed by atoms with van der Waals surface area (Å²) in [7, 11) is 0. The van der Waals surface area contributed by atoms with Gasteiger partial charge in [0.1, 0.15) is 0 Å². The van der Waals surface area contributed by atoms with E-state index >= 15 is 0 Å². The fourth-order valence-electron chi connectivity index (χ4n) is 1.25. The van der Waals surface area contributed by atoms with Crippen molar-refractivity contribution in [2.24, 2.45) is 0 Å². The van der Waals surface area contributed by atoms with E-state index in [0.717, 1.165) is 25.9 Å². The Morgan fingerprint density at radius 3 is 2.53 bits per heavy atom. The van der Waals surface area contributed by atoms with Gasteiger partial charge in [-0.25, -0.2) is 0 Å². The van der Waals surface area contributed by atoms with Crippen molar-refractivity contribution >= 4 is 0 Å². The van der Waals surface area contributed by atoms with Crippen LogP contribution in [0.1, 0.15) is 45.4 Å². The lowest BCUT2D eigenvalue weighted by Crippen LogP contribution is -2.15. The van der Waals surface area contributed by atoms with Crippen LogP contribution >= 0.6 is 0 Å². The minimum Gasteiger partial charge on any atom is -0.316 e. The molecule has 0 saturated carbocycles. The molecule has 0 fully saturated rings. The topological polar surface area (TPSA) is 12.0 Å². The molecule has 86 valence electrons. The molecule has 0 spiro atoms. The minimum absolute atomic E-state index is 1.04. The molecule has 0 saturated heterocycles.